The van der Waals surface area contributed by atoms with Gasteiger partial charge in [-0.15, -0.1) is 11.8 Å². The zero-order valence-electron chi connectivity index (χ0n) is 20.1. The van der Waals surface area contributed by atoms with E-state index >= 15 is 0 Å². The molecule has 0 bridgehead atoms. The molecule has 0 unspecified atom stereocenters. The van der Waals surface area contributed by atoms with Gasteiger partial charge in [-0.25, -0.2) is 0 Å². The number of thioether (sulfide) groups is 1. The van der Waals surface area contributed by atoms with E-state index in [4.69, 9.17) is 16.3 Å². The summed E-state index contributed by atoms with van der Waals surface area (Å²) in [5.74, 6) is 1.72. The average Bonchev–Trinajstić information content (AvgIpc) is 2.86. The molecule has 0 aromatic heterocycles. The Morgan fingerprint density at radius 3 is 2.32 bits per heavy atom. The molecular formula is C27H35ClN2O3S. The topological polar surface area (TPSA) is 58.6 Å². The van der Waals surface area contributed by atoms with Gasteiger partial charge in [0.05, 0.1) is 12.9 Å². The van der Waals surface area contributed by atoms with E-state index < -0.39 is 6.04 Å². The van der Waals surface area contributed by atoms with Crippen molar-refractivity contribution in [3.05, 3.63) is 64.7 Å². The van der Waals surface area contributed by atoms with Gasteiger partial charge in [-0.1, -0.05) is 62.1 Å². The normalized spacial score (nSPS) is 14.9. The molecule has 1 atom stereocenters. The summed E-state index contributed by atoms with van der Waals surface area (Å²) in [6.07, 6.45) is 6.14. The van der Waals surface area contributed by atoms with Crippen molar-refractivity contribution in [3.8, 4) is 5.75 Å². The molecule has 1 aliphatic rings. The summed E-state index contributed by atoms with van der Waals surface area (Å²) < 4.78 is 5.26. The molecule has 1 aliphatic carbocycles. The Bertz CT molecular complexity index is 914. The van der Waals surface area contributed by atoms with E-state index in [9.17, 15) is 9.59 Å². The lowest BCUT2D eigenvalue weighted by molar-refractivity contribution is -0.139. The maximum Gasteiger partial charge on any atom is 0.243 e. The van der Waals surface area contributed by atoms with Gasteiger partial charge in [-0.05, 0) is 54.7 Å². The monoisotopic (exact) mass is 502 g/mol. The first-order chi connectivity index (χ1) is 16.5. The predicted octanol–water partition coefficient (Wildman–Crippen LogP) is 5.84. The van der Waals surface area contributed by atoms with Gasteiger partial charge < -0.3 is 15.0 Å². The number of hydrogen-bond donors (Lipinski definition) is 1. The molecule has 2 amide bonds. The average molecular weight is 503 g/mol. The molecule has 0 saturated heterocycles. The van der Waals surface area contributed by atoms with Crippen LogP contribution in [0.3, 0.4) is 0 Å². The van der Waals surface area contributed by atoms with E-state index in [1.165, 1.54) is 6.42 Å². The molecule has 0 aliphatic heterocycles. The Morgan fingerprint density at radius 2 is 1.71 bits per heavy atom. The van der Waals surface area contributed by atoms with Crippen LogP contribution in [0.5, 0.6) is 5.75 Å². The second-order valence-electron chi connectivity index (χ2n) is 8.76. The van der Waals surface area contributed by atoms with E-state index in [1.54, 1.807) is 23.8 Å². The van der Waals surface area contributed by atoms with Crippen molar-refractivity contribution >= 4 is 35.2 Å². The second kappa shape index (κ2) is 13.6. The summed E-state index contributed by atoms with van der Waals surface area (Å²) in [5, 5.41) is 3.92. The lowest BCUT2D eigenvalue weighted by Gasteiger charge is -2.32. The van der Waals surface area contributed by atoms with Crippen molar-refractivity contribution in [2.45, 2.75) is 69.8 Å². The molecule has 34 heavy (non-hydrogen) atoms. The lowest BCUT2D eigenvalue weighted by atomic mass is 9.95. The first-order valence-corrected chi connectivity index (χ1v) is 13.6. The molecule has 0 radical (unpaired) electrons. The zero-order chi connectivity index (χ0) is 24.3. The minimum absolute atomic E-state index is 0.0274. The molecule has 3 rings (SSSR count). The van der Waals surface area contributed by atoms with Gasteiger partial charge in [0.25, 0.3) is 0 Å². The van der Waals surface area contributed by atoms with E-state index in [0.29, 0.717) is 29.5 Å². The molecule has 1 fully saturated rings. The first kappa shape index (κ1) is 26.4. The van der Waals surface area contributed by atoms with Crippen LogP contribution in [0.25, 0.3) is 0 Å². The van der Waals surface area contributed by atoms with Crippen LogP contribution >= 0.6 is 23.4 Å². The van der Waals surface area contributed by atoms with Crippen LogP contribution in [0.15, 0.2) is 48.5 Å². The Labute approximate surface area is 212 Å². The summed E-state index contributed by atoms with van der Waals surface area (Å²) in [6, 6.07) is 15.1. The van der Waals surface area contributed by atoms with Gasteiger partial charge in [0, 0.05) is 23.4 Å². The fourth-order valence-corrected chi connectivity index (χ4v) is 5.31. The number of methoxy groups -OCH3 is 1. The zero-order valence-corrected chi connectivity index (χ0v) is 21.7. The van der Waals surface area contributed by atoms with Gasteiger partial charge >= 0.3 is 0 Å². The Morgan fingerprint density at radius 1 is 1.06 bits per heavy atom. The van der Waals surface area contributed by atoms with Crippen molar-refractivity contribution in [1.29, 1.82) is 0 Å². The lowest BCUT2D eigenvalue weighted by Crippen LogP contribution is -2.52. The minimum Gasteiger partial charge on any atom is -0.497 e. The third kappa shape index (κ3) is 7.95. The molecule has 1 saturated carbocycles. The molecule has 0 heterocycles. The highest BCUT2D eigenvalue weighted by Gasteiger charge is 2.30. The van der Waals surface area contributed by atoms with Crippen LogP contribution in [-0.4, -0.2) is 41.7 Å². The van der Waals surface area contributed by atoms with E-state index in [2.05, 4.69) is 5.32 Å². The van der Waals surface area contributed by atoms with Gasteiger partial charge in [0.15, 0.2) is 0 Å². The highest BCUT2D eigenvalue weighted by Crippen LogP contribution is 2.21. The van der Waals surface area contributed by atoms with Crippen LogP contribution < -0.4 is 10.1 Å². The largest absolute Gasteiger partial charge is 0.497 e. The number of amides is 2. The van der Waals surface area contributed by atoms with Gasteiger partial charge in [0.2, 0.25) is 11.8 Å². The molecule has 5 nitrogen and oxygen atoms in total. The maximum absolute atomic E-state index is 13.4. The van der Waals surface area contributed by atoms with Crippen molar-refractivity contribution in [3.63, 3.8) is 0 Å². The fraction of sp³-hybridized carbons (Fsp3) is 0.481. The highest BCUT2D eigenvalue weighted by atomic mass is 35.5. The fourth-order valence-electron chi connectivity index (χ4n) is 4.31. The minimum atomic E-state index is -0.493. The Hall–Kier alpha value is -2.18. The SMILES string of the molecule is CC[C@H](C(=O)NC1CCCCC1)N(Cc1ccc(OC)cc1)C(=O)CSCc1ccc(Cl)cc1. The van der Waals surface area contributed by atoms with Crippen LogP contribution in [-0.2, 0) is 21.9 Å². The number of hydrogen-bond acceptors (Lipinski definition) is 4. The van der Waals surface area contributed by atoms with E-state index in [-0.39, 0.29) is 17.9 Å². The van der Waals surface area contributed by atoms with Crippen molar-refractivity contribution in [2.75, 3.05) is 12.9 Å². The number of benzene rings is 2. The molecule has 2 aromatic rings. The number of halogens is 1. The summed E-state index contributed by atoms with van der Waals surface area (Å²) in [7, 11) is 1.63. The molecule has 2 aromatic carbocycles. The van der Waals surface area contributed by atoms with E-state index in [1.807, 2.05) is 55.5 Å². The Kier molecular flexibility index (Phi) is 10.6. The molecular weight excluding hydrogens is 468 g/mol. The third-order valence-electron chi connectivity index (χ3n) is 6.26. The standard InChI is InChI=1S/C27H35ClN2O3S/c1-3-25(27(32)29-23-7-5-4-6-8-23)30(17-20-11-15-24(33-2)16-12-20)26(31)19-34-18-21-9-13-22(28)14-10-21/h9-16,23,25H,3-8,17-19H2,1-2H3,(H,29,32)/t25-/m1/s1. The van der Waals surface area contributed by atoms with Crippen LogP contribution in [0.4, 0.5) is 0 Å². The number of ether oxygens (including phenoxy) is 1. The van der Waals surface area contributed by atoms with Crippen LogP contribution in [0.1, 0.15) is 56.6 Å². The van der Waals surface area contributed by atoms with Gasteiger partial charge in [-0.3, -0.25) is 9.59 Å². The summed E-state index contributed by atoms with van der Waals surface area (Å²) in [5.41, 5.74) is 2.09. The van der Waals surface area contributed by atoms with Crippen molar-refractivity contribution in [2.24, 2.45) is 0 Å². The van der Waals surface area contributed by atoms with E-state index in [0.717, 1.165) is 42.6 Å². The van der Waals surface area contributed by atoms with Crippen molar-refractivity contribution < 1.29 is 14.3 Å². The molecule has 7 heteroatoms. The second-order valence-corrected chi connectivity index (χ2v) is 10.2. The summed E-state index contributed by atoms with van der Waals surface area (Å²) in [4.78, 5) is 28.4. The quantitative estimate of drug-likeness (QED) is 0.419. The smallest absolute Gasteiger partial charge is 0.243 e. The molecule has 0 spiro atoms. The number of rotatable bonds is 11. The molecule has 184 valence electrons. The number of carbonyl (C=O) groups is 2. The van der Waals surface area contributed by atoms with Gasteiger partial charge in [-0.2, -0.15) is 0 Å². The third-order valence-corrected chi connectivity index (χ3v) is 7.50. The summed E-state index contributed by atoms with van der Waals surface area (Å²) >= 11 is 7.53. The number of nitrogens with zero attached hydrogens (tertiary/aromatic N) is 1. The first-order valence-electron chi connectivity index (χ1n) is 12.0. The summed E-state index contributed by atoms with van der Waals surface area (Å²) in [6.45, 7) is 2.36. The van der Waals surface area contributed by atoms with Crippen molar-refractivity contribution in [1.82, 2.24) is 10.2 Å². The predicted molar refractivity (Wildman–Crippen MR) is 140 cm³/mol. The Balaban J connectivity index is 1.69. The molecule has 1 N–H and O–H groups in total. The van der Waals surface area contributed by atoms with Crippen LogP contribution in [0, 0.1) is 0 Å². The number of carbonyl (C=O) groups excluding carboxylic acids is 2. The maximum atomic E-state index is 13.4. The highest BCUT2D eigenvalue weighted by molar-refractivity contribution is 7.99. The van der Waals surface area contributed by atoms with Gasteiger partial charge in [0.1, 0.15) is 11.8 Å². The van der Waals surface area contributed by atoms with Crippen LogP contribution in [0.2, 0.25) is 5.02 Å². The number of nitrogens with one attached hydrogen (secondary N) is 1.